The van der Waals surface area contributed by atoms with Crippen molar-refractivity contribution >= 4 is 50.1 Å². The van der Waals surface area contributed by atoms with E-state index in [1.807, 2.05) is 0 Å². The molecule has 336 valence electrons. The first kappa shape index (κ1) is 48.0. The summed E-state index contributed by atoms with van der Waals surface area (Å²) < 4.78 is 106. The number of phosphoric acid groups is 2. The van der Waals surface area contributed by atoms with Gasteiger partial charge in [-0.05, 0) is 45.8 Å². The highest BCUT2D eigenvalue weighted by Crippen LogP contribution is 2.62. The minimum Gasteiger partial charge on any atom is -0.437 e. The summed E-state index contributed by atoms with van der Waals surface area (Å²) in [5, 5.41) is -0.142. The largest absolute Gasteiger partial charge is 0.478 e. The van der Waals surface area contributed by atoms with Gasteiger partial charge in [-0.25, -0.2) is 32.2 Å². The first-order valence-corrected chi connectivity index (χ1v) is 22.7. The summed E-state index contributed by atoms with van der Waals surface area (Å²) in [7, 11) is -8.32. The van der Waals surface area contributed by atoms with Crippen LogP contribution in [0.1, 0.15) is 74.5 Å². The number of phosphoric ester groups is 2. The summed E-state index contributed by atoms with van der Waals surface area (Å²) >= 11 is 0.856. The van der Waals surface area contributed by atoms with E-state index in [2.05, 4.69) is 16.6 Å². The number of carbonyl (C=O) groups is 2. The first-order valence-electron chi connectivity index (χ1n) is 18.8. The predicted molar refractivity (Wildman–Crippen MR) is 212 cm³/mol. The van der Waals surface area contributed by atoms with Crippen molar-refractivity contribution in [3.05, 3.63) is 47.4 Å². The number of hydrogen-bond acceptors (Lipinski definition) is 20. The maximum absolute atomic E-state index is 15.4. The predicted octanol–water partition coefficient (Wildman–Crippen LogP) is 5.22. The molecule has 10 atom stereocenters. The zero-order valence-corrected chi connectivity index (χ0v) is 37.0. The van der Waals surface area contributed by atoms with E-state index < -0.39 is 93.1 Å². The van der Waals surface area contributed by atoms with Gasteiger partial charge in [0.05, 0.1) is 18.6 Å². The quantitative estimate of drug-likeness (QED) is 0.173. The van der Waals surface area contributed by atoms with Gasteiger partial charge < -0.3 is 30.6 Å². The second kappa shape index (κ2) is 18.0. The molecule has 4 fully saturated rings. The van der Waals surface area contributed by atoms with E-state index in [0.717, 1.165) is 16.3 Å². The number of esters is 1. The van der Waals surface area contributed by atoms with Crippen LogP contribution in [0, 0.1) is 10.8 Å². The van der Waals surface area contributed by atoms with Crippen LogP contribution in [0.2, 0.25) is 0 Å². The second-order valence-corrected chi connectivity index (χ2v) is 20.4. The van der Waals surface area contributed by atoms with Crippen LogP contribution in [0.4, 0.5) is 14.6 Å². The van der Waals surface area contributed by atoms with E-state index in [1.54, 1.807) is 55.4 Å². The van der Waals surface area contributed by atoms with Gasteiger partial charge in [0.15, 0.2) is 29.9 Å². The monoisotopic (exact) mass is 912 g/mol. The van der Waals surface area contributed by atoms with Gasteiger partial charge in [-0.15, -0.1) is 0 Å². The van der Waals surface area contributed by atoms with Crippen LogP contribution >= 0.6 is 27.4 Å². The molecule has 0 spiro atoms. The summed E-state index contributed by atoms with van der Waals surface area (Å²) in [5.74, 6) is -0.386. The van der Waals surface area contributed by atoms with Crippen molar-refractivity contribution in [2.75, 3.05) is 31.7 Å². The number of ether oxygens (including phenoxy) is 3. The Bertz CT molecular complexity index is 2030. The van der Waals surface area contributed by atoms with Crippen LogP contribution in [0.3, 0.4) is 0 Å². The molecule has 6 rings (SSSR count). The molecule has 0 aromatic carbocycles. The molecule has 4 saturated heterocycles. The van der Waals surface area contributed by atoms with Crippen LogP contribution < -0.4 is 17.2 Å². The molecular formula is C35H52F2N6O14P2S. The van der Waals surface area contributed by atoms with E-state index in [4.69, 9.17) is 52.8 Å². The minimum absolute atomic E-state index is 0.0189. The molecule has 2 unspecified atom stereocenters. The topological polar surface area (TPSA) is 254 Å². The number of aliphatic imine (C=N–C) groups is 1. The minimum atomic E-state index is -4.24. The number of hydrogen-bond donors (Lipinski definition) is 2. The van der Waals surface area contributed by atoms with Crippen LogP contribution in [0.15, 0.2) is 46.7 Å². The second-order valence-electron chi connectivity index (χ2n) is 16.3. The lowest BCUT2D eigenvalue weighted by atomic mass is 9.94. The number of fused-ring (bicyclic) bond motifs is 2. The third-order valence-corrected chi connectivity index (χ3v) is 13.9. The molecule has 1 aromatic rings. The summed E-state index contributed by atoms with van der Waals surface area (Å²) in [6.07, 6.45) is -3.75. The number of aromatic nitrogens is 2. The molecule has 5 aliphatic heterocycles. The SMILES string of the molecule is C=C1N=C(N)C=CN1[C@@H]1O[C@]2(CC)COP(=O)(OCSC(=O)C(C)(C)C)O[C@H]2[C@H]1F.CC[C@@]12COP(=O)(OCOC(=O)C(C)(C)C)O[C@H]1[C@@H](F)[C@H](n1ccc(N)nc1=O)O2. The Labute approximate surface area is 349 Å². The highest BCUT2D eigenvalue weighted by molar-refractivity contribution is 8.13. The van der Waals surface area contributed by atoms with Crippen molar-refractivity contribution in [2.45, 2.75) is 116 Å². The van der Waals surface area contributed by atoms with Gasteiger partial charge in [-0.2, -0.15) is 4.98 Å². The number of anilines is 1. The molecule has 25 heteroatoms. The van der Waals surface area contributed by atoms with Crippen LogP contribution in [0.5, 0.6) is 0 Å². The number of alkyl halides is 2. The molecule has 20 nitrogen and oxygen atoms in total. The lowest BCUT2D eigenvalue weighted by Gasteiger charge is -2.39. The first-order chi connectivity index (χ1) is 27.8. The van der Waals surface area contributed by atoms with Gasteiger partial charge >= 0.3 is 27.3 Å². The molecular weight excluding hydrogens is 860 g/mol. The molecule has 60 heavy (non-hydrogen) atoms. The lowest BCUT2D eigenvalue weighted by molar-refractivity contribution is -0.167. The smallest absolute Gasteiger partial charge is 0.437 e. The van der Waals surface area contributed by atoms with E-state index in [9.17, 15) is 23.5 Å². The fraction of sp³-hybridized carbons (Fsp3) is 0.686. The van der Waals surface area contributed by atoms with Gasteiger partial charge in [0, 0.05) is 17.8 Å². The molecule has 5 aliphatic rings. The van der Waals surface area contributed by atoms with Crippen LogP contribution in [0.25, 0.3) is 0 Å². The summed E-state index contributed by atoms with van der Waals surface area (Å²) in [6.45, 7) is 16.3. The fourth-order valence-corrected chi connectivity index (χ4v) is 10.0. The Morgan fingerprint density at radius 3 is 2.02 bits per heavy atom. The average molecular weight is 913 g/mol. The highest BCUT2D eigenvalue weighted by Gasteiger charge is 2.64. The summed E-state index contributed by atoms with van der Waals surface area (Å²) in [5.41, 5.74) is 6.47. The molecule has 1 aromatic heterocycles. The number of nitrogens with zero attached hydrogens (tertiary/aromatic N) is 4. The van der Waals surface area contributed by atoms with E-state index in [-0.39, 0.29) is 48.2 Å². The van der Waals surface area contributed by atoms with Gasteiger partial charge in [-0.3, -0.25) is 36.8 Å². The van der Waals surface area contributed by atoms with Crippen molar-refractivity contribution in [1.82, 2.24) is 14.5 Å². The molecule has 0 amide bonds. The Balaban J connectivity index is 0.000000228. The molecule has 6 heterocycles. The fourth-order valence-electron chi connectivity index (χ4n) is 6.27. The van der Waals surface area contributed by atoms with Crippen molar-refractivity contribution in [3.63, 3.8) is 0 Å². The van der Waals surface area contributed by atoms with Gasteiger partial charge in [0.1, 0.15) is 46.8 Å². The van der Waals surface area contributed by atoms with E-state index >= 15 is 8.78 Å². The standard InChI is InChI=1S/C18H27FN3O6PS.C17H25FN3O8P/c1-6-18-9-25-29(24,26-10-30-16(23)17(3,4)5)28-14(18)13(19)15(27-18)22-8-7-12(20)21-11(22)2;1-5-17-8-26-30(24,27-9-25-14(22)16(2,3)4)29-12(17)11(18)13(28-17)21-7-6-10(19)20-15(21)23/h7-8,13-15H,2,6,9-10H2,1,3-5H3,(H2,20,21);6-7,11-13H,5,8-9H2,1-4H3,(H2,19,20,23)/t13-,14+,15-,18-,29?;11-,12+,13-,17-,30?/m11/s1. The Kier molecular flexibility index (Phi) is 14.4. The third-order valence-electron chi connectivity index (χ3n) is 9.88. The zero-order valence-electron chi connectivity index (χ0n) is 34.4. The van der Waals surface area contributed by atoms with E-state index in [1.165, 1.54) is 29.4 Å². The Morgan fingerprint density at radius 2 is 1.50 bits per heavy atom. The van der Waals surface area contributed by atoms with Gasteiger partial charge in [0.2, 0.25) is 6.79 Å². The van der Waals surface area contributed by atoms with Crippen LogP contribution in [-0.2, 0) is 60.1 Å². The number of nitrogens with two attached hydrogens (primary N) is 2. The molecule has 0 saturated carbocycles. The Morgan fingerprint density at radius 1 is 0.950 bits per heavy atom. The summed E-state index contributed by atoms with van der Waals surface area (Å²) in [6, 6.07) is 1.33. The number of thioether (sulfide) groups is 1. The maximum Gasteiger partial charge on any atom is 0.478 e. The number of halogens is 2. The summed E-state index contributed by atoms with van der Waals surface area (Å²) in [4.78, 5) is 44.9. The van der Waals surface area contributed by atoms with Crippen molar-refractivity contribution in [1.29, 1.82) is 0 Å². The number of carbonyl (C=O) groups excluding carboxylic acids is 2. The molecule has 0 radical (unpaired) electrons. The van der Waals surface area contributed by atoms with Crippen molar-refractivity contribution < 1.29 is 68.9 Å². The van der Waals surface area contributed by atoms with Gasteiger partial charge in [-0.1, -0.05) is 53.0 Å². The van der Waals surface area contributed by atoms with Crippen LogP contribution in [-0.4, -0.2) is 99.3 Å². The van der Waals surface area contributed by atoms with Crippen molar-refractivity contribution in [2.24, 2.45) is 21.6 Å². The average Bonchev–Trinajstić information content (AvgIpc) is 3.61. The lowest BCUT2D eigenvalue weighted by Crippen LogP contribution is -2.49. The molecule has 0 bridgehead atoms. The third kappa shape index (κ3) is 10.2. The maximum atomic E-state index is 15.4. The van der Waals surface area contributed by atoms with Gasteiger partial charge in [0.25, 0.3) is 0 Å². The Hall–Kier alpha value is -3.08. The van der Waals surface area contributed by atoms with Crippen molar-refractivity contribution in [3.8, 4) is 0 Å². The number of amidine groups is 1. The highest BCUT2D eigenvalue weighted by atomic mass is 32.2. The normalized spacial score (nSPS) is 35.2. The molecule has 4 N–H and O–H groups in total. The zero-order chi connectivity index (χ0) is 44.6. The molecule has 0 aliphatic carbocycles. The number of nitrogen functional groups attached to an aromatic ring is 1. The van der Waals surface area contributed by atoms with E-state index in [0.29, 0.717) is 6.42 Å². The number of rotatable bonds is 10.